The smallest absolute Gasteiger partial charge is 0.225 e. The summed E-state index contributed by atoms with van der Waals surface area (Å²) < 4.78 is 5.03. The lowest BCUT2D eigenvalue weighted by molar-refractivity contribution is 0.398. The first kappa shape index (κ1) is 12.5. The summed E-state index contributed by atoms with van der Waals surface area (Å²) in [7, 11) is 1.56. The molecular weight excluding hydrogens is 204 g/mol. The molecule has 0 radical (unpaired) electrons. The molecule has 90 valence electrons. The molecule has 1 aromatic heterocycles. The molecule has 1 aromatic rings. The van der Waals surface area contributed by atoms with Crippen molar-refractivity contribution < 1.29 is 4.74 Å². The maximum absolute atomic E-state index is 5.57. The van der Waals surface area contributed by atoms with Crippen LogP contribution in [0.3, 0.4) is 0 Å². The fourth-order valence-corrected chi connectivity index (χ4v) is 1.46. The standard InChI is InChI=1S/C11H20N4O/c1-4-5-6-8(2)13-9-7-10(16-3)15-11(12)14-9/h7-8H,4-6H2,1-3H3,(H3,12,13,14,15). The van der Waals surface area contributed by atoms with Crippen LogP contribution in [-0.4, -0.2) is 23.1 Å². The molecule has 5 heteroatoms. The largest absolute Gasteiger partial charge is 0.481 e. The lowest BCUT2D eigenvalue weighted by Crippen LogP contribution is -2.16. The summed E-state index contributed by atoms with van der Waals surface area (Å²) >= 11 is 0. The summed E-state index contributed by atoms with van der Waals surface area (Å²) in [5.74, 6) is 1.43. The number of rotatable bonds is 6. The second kappa shape index (κ2) is 6.15. The first-order valence-corrected chi connectivity index (χ1v) is 5.60. The number of hydrogen-bond donors (Lipinski definition) is 2. The van der Waals surface area contributed by atoms with Gasteiger partial charge in [-0.2, -0.15) is 9.97 Å². The predicted molar refractivity (Wildman–Crippen MR) is 65.6 cm³/mol. The Bertz CT molecular complexity index is 330. The van der Waals surface area contributed by atoms with Crippen LogP contribution in [0.15, 0.2) is 6.07 Å². The number of unbranched alkanes of at least 4 members (excludes halogenated alkanes) is 1. The maximum atomic E-state index is 5.57. The van der Waals surface area contributed by atoms with Gasteiger partial charge in [-0.1, -0.05) is 19.8 Å². The minimum absolute atomic E-state index is 0.226. The van der Waals surface area contributed by atoms with Gasteiger partial charge < -0.3 is 15.8 Å². The highest BCUT2D eigenvalue weighted by Crippen LogP contribution is 2.15. The SMILES string of the molecule is CCCCC(C)Nc1cc(OC)nc(N)n1. The third-order valence-corrected chi connectivity index (χ3v) is 2.31. The summed E-state index contributed by atoms with van der Waals surface area (Å²) in [5, 5.41) is 3.28. The van der Waals surface area contributed by atoms with Crippen molar-refractivity contribution in [2.45, 2.75) is 39.2 Å². The number of nitrogen functional groups attached to an aromatic ring is 1. The van der Waals surface area contributed by atoms with E-state index in [9.17, 15) is 0 Å². The Morgan fingerprint density at radius 3 is 2.88 bits per heavy atom. The van der Waals surface area contributed by atoms with Crippen molar-refractivity contribution >= 4 is 11.8 Å². The Balaban J connectivity index is 2.61. The highest BCUT2D eigenvalue weighted by molar-refractivity contribution is 5.43. The number of hydrogen-bond acceptors (Lipinski definition) is 5. The average molecular weight is 224 g/mol. The molecule has 1 rings (SSSR count). The van der Waals surface area contributed by atoms with Crippen molar-refractivity contribution in [3.05, 3.63) is 6.07 Å². The quantitative estimate of drug-likeness (QED) is 0.773. The van der Waals surface area contributed by atoms with Gasteiger partial charge in [0.05, 0.1) is 7.11 Å². The van der Waals surface area contributed by atoms with Crippen molar-refractivity contribution in [1.82, 2.24) is 9.97 Å². The van der Waals surface area contributed by atoms with Gasteiger partial charge in [-0.05, 0) is 13.3 Å². The molecule has 1 unspecified atom stereocenters. The van der Waals surface area contributed by atoms with Gasteiger partial charge in [-0.25, -0.2) is 0 Å². The topological polar surface area (TPSA) is 73.1 Å². The number of ether oxygens (including phenoxy) is 1. The molecular formula is C11H20N4O. The Morgan fingerprint density at radius 2 is 2.25 bits per heavy atom. The molecule has 0 saturated carbocycles. The van der Waals surface area contributed by atoms with Gasteiger partial charge in [-0.15, -0.1) is 0 Å². The van der Waals surface area contributed by atoms with Crippen molar-refractivity contribution in [1.29, 1.82) is 0 Å². The molecule has 0 aliphatic carbocycles. The van der Waals surface area contributed by atoms with Crippen molar-refractivity contribution in [2.24, 2.45) is 0 Å². The zero-order valence-corrected chi connectivity index (χ0v) is 10.2. The molecule has 0 fully saturated rings. The first-order valence-electron chi connectivity index (χ1n) is 5.60. The van der Waals surface area contributed by atoms with E-state index in [2.05, 4.69) is 29.1 Å². The van der Waals surface area contributed by atoms with Gasteiger partial charge in [0.2, 0.25) is 11.8 Å². The first-order chi connectivity index (χ1) is 7.65. The molecule has 3 N–H and O–H groups in total. The van der Waals surface area contributed by atoms with Gasteiger partial charge >= 0.3 is 0 Å². The fraction of sp³-hybridized carbons (Fsp3) is 0.636. The molecule has 0 bridgehead atoms. The minimum Gasteiger partial charge on any atom is -0.481 e. The van der Waals surface area contributed by atoms with Gasteiger partial charge in [0.1, 0.15) is 5.82 Å². The molecule has 1 heterocycles. The molecule has 0 aliphatic heterocycles. The third-order valence-electron chi connectivity index (χ3n) is 2.31. The van der Waals surface area contributed by atoms with E-state index in [-0.39, 0.29) is 5.95 Å². The van der Waals surface area contributed by atoms with Crippen LogP contribution in [-0.2, 0) is 0 Å². The summed E-state index contributed by atoms with van der Waals surface area (Å²) in [4.78, 5) is 8.03. The van der Waals surface area contributed by atoms with Crippen molar-refractivity contribution in [3.8, 4) is 5.88 Å². The Hall–Kier alpha value is -1.52. The van der Waals surface area contributed by atoms with E-state index in [0.29, 0.717) is 17.7 Å². The van der Waals surface area contributed by atoms with E-state index in [4.69, 9.17) is 10.5 Å². The van der Waals surface area contributed by atoms with Crippen molar-refractivity contribution in [3.63, 3.8) is 0 Å². The van der Waals surface area contributed by atoms with Crippen LogP contribution in [0, 0.1) is 0 Å². The van der Waals surface area contributed by atoms with E-state index in [1.807, 2.05) is 0 Å². The van der Waals surface area contributed by atoms with Crippen LogP contribution in [0.1, 0.15) is 33.1 Å². The predicted octanol–water partition coefficient (Wildman–Crippen LogP) is 2.06. The van der Waals surface area contributed by atoms with Gasteiger partial charge in [0.25, 0.3) is 0 Å². The second-order valence-electron chi connectivity index (χ2n) is 3.84. The lowest BCUT2D eigenvalue weighted by atomic mass is 10.1. The van der Waals surface area contributed by atoms with Crippen LogP contribution >= 0.6 is 0 Å². The highest BCUT2D eigenvalue weighted by atomic mass is 16.5. The lowest BCUT2D eigenvalue weighted by Gasteiger charge is -2.14. The number of nitrogens with one attached hydrogen (secondary N) is 1. The second-order valence-corrected chi connectivity index (χ2v) is 3.84. The number of nitrogens with zero attached hydrogens (tertiary/aromatic N) is 2. The maximum Gasteiger partial charge on any atom is 0.225 e. The fourth-order valence-electron chi connectivity index (χ4n) is 1.46. The summed E-state index contributed by atoms with van der Waals surface area (Å²) in [6.07, 6.45) is 3.51. The number of aromatic nitrogens is 2. The molecule has 0 amide bonds. The van der Waals surface area contributed by atoms with Gasteiger partial charge in [-0.3, -0.25) is 0 Å². The normalized spacial score (nSPS) is 12.2. The number of anilines is 2. The molecule has 0 spiro atoms. The van der Waals surface area contributed by atoms with Crippen LogP contribution in [0.4, 0.5) is 11.8 Å². The summed E-state index contributed by atoms with van der Waals surface area (Å²) in [5.41, 5.74) is 5.57. The van der Waals surface area contributed by atoms with E-state index < -0.39 is 0 Å². The van der Waals surface area contributed by atoms with E-state index in [1.165, 1.54) is 12.8 Å². The molecule has 0 saturated heterocycles. The van der Waals surface area contributed by atoms with Crippen LogP contribution in [0.25, 0.3) is 0 Å². The van der Waals surface area contributed by atoms with E-state index in [1.54, 1.807) is 13.2 Å². The van der Waals surface area contributed by atoms with E-state index >= 15 is 0 Å². The molecule has 0 aromatic carbocycles. The van der Waals surface area contributed by atoms with Crippen LogP contribution < -0.4 is 15.8 Å². The molecule has 0 aliphatic rings. The van der Waals surface area contributed by atoms with E-state index in [0.717, 1.165) is 6.42 Å². The van der Waals surface area contributed by atoms with Crippen molar-refractivity contribution in [2.75, 3.05) is 18.2 Å². The summed E-state index contributed by atoms with van der Waals surface area (Å²) in [6, 6.07) is 2.12. The third kappa shape index (κ3) is 3.92. The summed E-state index contributed by atoms with van der Waals surface area (Å²) in [6.45, 7) is 4.30. The zero-order chi connectivity index (χ0) is 12.0. The van der Waals surface area contributed by atoms with Crippen LogP contribution in [0.2, 0.25) is 0 Å². The molecule has 16 heavy (non-hydrogen) atoms. The number of methoxy groups -OCH3 is 1. The number of nitrogens with two attached hydrogens (primary N) is 1. The Kier molecular flexibility index (Phi) is 4.82. The van der Waals surface area contributed by atoms with Crippen LogP contribution in [0.5, 0.6) is 5.88 Å². The minimum atomic E-state index is 0.226. The average Bonchev–Trinajstić information content (AvgIpc) is 2.25. The zero-order valence-electron chi connectivity index (χ0n) is 10.2. The Morgan fingerprint density at radius 1 is 1.50 bits per heavy atom. The molecule has 5 nitrogen and oxygen atoms in total. The highest BCUT2D eigenvalue weighted by Gasteiger charge is 2.05. The van der Waals surface area contributed by atoms with Gasteiger partial charge in [0, 0.05) is 12.1 Å². The molecule has 1 atom stereocenters. The monoisotopic (exact) mass is 224 g/mol. The Labute approximate surface area is 96.4 Å². The van der Waals surface area contributed by atoms with Gasteiger partial charge in [0.15, 0.2) is 0 Å².